The minimum atomic E-state index is -1.15. The van der Waals surface area contributed by atoms with Crippen LogP contribution in [0.25, 0.3) is 0 Å². The number of carboxylic acids is 1. The lowest BCUT2D eigenvalue weighted by Gasteiger charge is -2.09. The molecule has 110 valence electrons. The summed E-state index contributed by atoms with van der Waals surface area (Å²) in [6, 6.07) is 10.8. The first-order valence-electron chi connectivity index (χ1n) is 6.39. The molecule has 0 aliphatic rings. The van der Waals surface area contributed by atoms with Crippen LogP contribution in [0.15, 0.2) is 50.7 Å². The molecule has 0 amide bonds. The summed E-state index contributed by atoms with van der Waals surface area (Å²) in [5.41, 5.74) is 1.15. The summed E-state index contributed by atoms with van der Waals surface area (Å²) in [7, 11) is 0. The maximum absolute atomic E-state index is 14.2. The molecular weight excluding hydrogens is 355 g/mol. The molecule has 0 unspecified atom stereocenters. The van der Waals surface area contributed by atoms with Crippen LogP contribution in [0.4, 0.5) is 4.39 Å². The fourth-order valence-electron chi connectivity index (χ4n) is 1.82. The predicted octanol–water partition coefficient (Wildman–Crippen LogP) is 5.56. The monoisotopic (exact) mass is 368 g/mol. The van der Waals surface area contributed by atoms with Crippen molar-refractivity contribution in [2.75, 3.05) is 0 Å². The summed E-state index contributed by atoms with van der Waals surface area (Å²) in [5.74, 6) is -1.25. The zero-order valence-corrected chi connectivity index (χ0v) is 14.0. The third-order valence-corrected chi connectivity index (χ3v) is 4.87. The van der Waals surface area contributed by atoms with Crippen molar-refractivity contribution in [1.29, 1.82) is 0 Å². The number of rotatable bonds is 4. The van der Waals surface area contributed by atoms with E-state index in [4.69, 9.17) is 5.11 Å². The van der Waals surface area contributed by atoms with Crippen LogP contribution in [-0.2, 0) is 0 Å². The van der Waals surface area contributed by atoms with Gasteiger partial charge in [0.05, 0.1) is 10.0 Å². The molecule has 1 N–H and O–H groups in total. The van der Waals surface area contributed by atoms with Crippen molar-refractivity contribution in [1.82, 2.24) is 0 Å². The van der Waals surface area contributed by atoms with E-state index in [9.17, 15) is 9.18 Å². The predicted molar refractivity (Wildman–Crippen MR) is 85.7 cm³/mol. The van der Waals surface area contributed by atoms with Gasteiger partial charge in [0.15, 0.2) is 5.82 Å². The zero-order chi connectivity index (χ0) is 15.6. The van der Waals surface area contributed by atoms with Gasteiger partial charge in [0.25, 0.3) is 0 Å². The highest BCUT2D eigenvalue weighted by Crippen LogP contribution is 2.35. The van der Waals surface area contributed by atoms with Crippen molar-refractivity contribution in [2.45, 2.75) is 29.6 Å². The van der Waals surface area contributed by atoms with Gasteiger partial charge >= 0.3 is 5.97 Å². The highest BCUT2D eigenvalue weighted by Gasteiger charge is 2.16. The van der Waals surface area contributed by atoms with Crippen molar-refractivity contribution in [3.05, 3.63) is 57.8 Å². The fraction of sp³-hybridized carbons (Fsp3) is 0.188. The van der Waals surface area contributed by atoms with Gasteiger partial charge in [0.1, 0.15) is 0 Å². The van der Waals surface area contributed by atoms with Gasteiger partial charge < -0.3 is 5.11 Å². The van der Waals surface area contributed by atoms with E-state index in [2.05, 4.69) is 29.8 Å². The molecule has 0 saturated carbocycles. The Kier molecular flexibility index (Phi) is 5.06. The molecule has 0 fully saturated rings. The van der Waals surface area contributed by atoms with Crippen LogP contribution in [0.3, 0.4) is 0 Å². The summed E-state index contributed by atoms with van der Waals surface area (Å²) >= 11 is 4.28. The van der Waals surface area contributed by atoms with E-state index >= 15 is 0 Å². The van der Waals surface area contributed by atoms with Gasteiger partial charge in [-0.3, -0.25) is 0 Å². The standard InChI is InChI=1S/C16H14BrFO2S/c1-9(2)10-3-5-11(6-4-10)21-13-8-7-12(16(19)20)14(17)15(13)18/h3-9H,1-2H3,(H,19,20). The lowest BCUT2D eigenvalue weighted by atomic mass is 10.0. The number of hydrogen-bond donors (Lipinski definition) is 1. The summed E-state index contributed by atoms with van der Waals surface area (Å²) in [4.78, 5) is 12.2. The molecule has 0 heterocycles. The molecule has 0 bridgehead atoms. The highest BCUT2D eigenvalue weighted by molar-refractivity contribution is 9.10. The molecular formula is C16H14BrFO2S. The SMILES string of the molecule is CC(C)c1ccc(Sc2ccc(C(=O)O)c(Br)c2F)cc1. The minimum absolute atomic E-state index is 0.0150. The highest BCUT2D eigenvalue weighted by atomic mass is 79.9. The first-order valence-corrected chi connectivity index (χ1v) is 8.00. The Morgan fingerprint density at radius 2 is 1.81 bits per heavy atom. The number of carboxylic acid groups (broad SMARTS) is 1. The van der Waals surface area contributed by atoms with E-state index in [1.54, 1.807) is 0 Å². The normalized spacial score (nSPS) is 10.9. The molecule has 0 saturated heterocycles. The number of halogens is 2. The topological polar surface area (TPSA) is 37.3 Å². The van der Waals surface area contributed by atoms with Crippen LogP contribution >= 0.6 is 27.7 Å². The van der Waals surface area contributed by atoms with Crippen molar-refractivity contribution in [3.8, 4) is 0 Å². The molecule has 2 aromatic carbocycles. The maximum Gasteiger partial charge on any atom is 0.336 e. The van der Waals surface area contributed by atoms with Crippen LogP contribution in [0.5, 0.6) is 0 Å². The summed E-state index contributed by atoms with van der Waals surface area (Å²) in [5, 5.41) is 8.95. The van der Waals surface area contributed by atoms with Gasteiger partial charge in [-0.2, -0.15) is 0 Å². The van der Waals surface area contributed by atoms with E-state index in [0.29, 0.717) is 10.8 Å². The third kappa shape index (κ3) is 3.66. The van der Waals surface area contributed by atoms with Gasteiger partial charge in [-0.15, -0.1) is 0 Å². The zero-order valence-electron chi connectivity index (χ0n) is 11.6. The van der Waals surface area contributed by atoms with Crippen LogP contribution in [0.2, 0.25) is 0 Å². The quantitative estimate of drug-likeness (QED) is 0.767. The molecule has 0 aliphatic carbocycles. The lowest BCUT2D eigenvalue weighted by molar-refractivity contribution is 0.0695. The Balaban J connectivity index is 2.27. The second-order valence-corrected chi connectivity index (χ2v) is 6.78. The second-order valence-electron chi connectivity index (χ2n) is 4.87. The minimum Gasteiger partial charge on any atom is -0.478 e. The second kappa shape index (κ2) is 6.62. The molecule has 2 aromatic rings. The Labute approximate surface area is 135 Å². The Morgan fingerprint density at radius 1 is 1.19 bits per heavy atom. The van der Waals surface area contributed by atoms with Crippen molar-refractivity contribution in [2.24, 2.45) is 0 Å². The summed E-state index contributed by atoms with van der Waals surface area (Å²) in [6.45, 7) is 4.23. The van der Waals surface area contributed by atoms with Crippen LogP contribution in [-0.4, -0.2) is 11.1 Å². The van der Waals surface area contributed by atoms with Crippen molar-refractivity contribution < 1.29 is 14.3 Å². The van der Waals surface area contributed by atoms with E-state index < -0.39 is 11.8 Å². The van der Waals surface area contributed by atoms with Crippen molar-refractivity contribution >= 4 is 33.7 Å². The fourth-order valence-corrected chi connectivity index (χ4v) is 3.32. The molecule has 0 spiro atoms. The van der Waals surface area contributed by atoms with Gasteiger partial charge in [-0.25, -0.2) is 9.18 Å². The molecule has 0 atom stereocenters. The van der Waals surface area contributed by atoms with E-state index in [1.165, 1.54) is 29.5 Å². The number of hydrogen-bond acceptors (Lipinski definition) is 2. The maximum atomic E-state index is 14.2. The van der Waals surface area contributed by atoms with Gasteiger partial charge in [-0.05, 0) is 51.7 Å². The molecule has 2 rings (SSSR count). The van der Waals surface area contributed by atoms with Crippen LogP contribution in [0, 0.1) is 5.82 Å². The molecule has 21 heavy (non-hydrogen) atoms. The van der Waals surface area contributed by atoms with Gasteiger partial charge in [0.2, 0.25) is 0 Å². The molecule has 2 nitrogen and oxygen atoms in total. The molecule has 5 heteroatoms. The van der Waals surface area contributed by atoms with Gasteiger partial charge in [0, 0.05) is 9.79 Å². The smallest absolute Gasteiger partial charge is 0.336 e. The Hall–Kier alpha value is -1.33. The Morgan fingerprint density at radius 3 is 2.33 bits per heavy atom. The van der Waals surface area contributed by atoms with Crippen LogP contribution < -0.4 is 0 Å². The number of benzene rings is 2. The number of carbonyl (C=O) groups is 1. The summed E-state index contributed by atoms with van der Waals surface area (Å²) in [6.07, 6.45) is 0. The van der Waals surface area contributed by atoms with E-state index in [-0.39, 0.29) is 10.0 Å². The number of aromatic carboxylic acids is 1. The lowest BCUT2D eigenvalue weighted by Crippen LogP contribution is -2.00. The molecule has 0 aromatic heterocycles. The largest absolute Gasteiger partial charge is 0.478 e. The molecule has 0 radical (unpaired) electrons. The average molecular weight is 369 g/mol. The summed E-state index contributed by atoms with van der Waals surface area (Å²) < 4.78 is 14.2. The first-order chi connectivity index (χ1) is 9.90. The van der Waals surface area contributed by atoms with E-state index in [0.717, 1.165) is 4.90 Å². The van der Waals surface area contributed by atoms with Crippen molar-refractivity contribution in [3.63, 3.8) is 0 Å². The first kappa shape index (κ1) is 16.0. The molecule has 0 aliphatic heterocycles. The van der Waals surface area contributed by atoms with E-state index in [1.807, 2.05) is 24.3 Å². The Bertz CT molecular complexity index is 669. The van der Waals surface area contributed by atoms with Gasteiger partial charge in [-0.1, -0.05) is 37.7 Å². The average Bonchev–Trinajstić information content (AvgIpc) is 2.44. The third-order valence-electron chi connectivity index (χ3n) is 3.05. The van der Waals surface area contributed by atoms with Crippen LogP contribution in [0.1, 0.15) is 35.7 Å².